The molecule has 38 heavy (non-hydrogen) atoms. The molecule has 1 aliphatic rings. The molecular formula is C27H31N3O6S2. The molecule has 1 amide bonds. The van der Waals surface area contributed by atoms with E-state index in [1.54, 1.807) is 48.5 Å². The Labute approximate surface area is 224 Å². The Balaban J connectivity index is 1.37. The molecule has 0 atom stereocenters. The molecule has 1 fully saturated rings. The van der Waals surface area contributed by atoms with Crippen LogP contribution in [0.4, 0.5) is 5.69 Å². The van der Waals surface area contributed by atoms with E-state index in [1.807, 2.05) is 37.3 Å². The first-order valence-electron chi connectivity index (χ1n) is 12.1. The third kappa shape index (κ3) is 6.72. The molecule has 0 aromatic heterocycles. The van der Waals surface area contributed by atoms with Gasteiger partial charge >= 0.3 is 0 Å². The largest absolute Gasteiger partial charge is 0.489 e. The molecule has 0 N–H and O–H groups in total. The molecule has 0 radical (unpaired) electrons. The van der Waals surface area contributed by atoms with Gasteiger partial charge in [0.25, 0.3) is 0 Å². The number of aryl methyl sites for hydroxylation is 1. The first-order valence-corrected chi connectivity index (χ1v) is 15.4. The molecule has 3 aromatic rings. The van der Waals surface area contributed by atoms with Crippen LogP contribution in [0.2, 0.25) is 0 Å². The van der Waals surface area contributed by atoms with Gasteiger partial charge in [0, 0.05) is 26.2 Å². The van der Waals surface area contributed by atoms with E-state index >= 15 is 0 Å². The summed E-state index contributed by atoms with van der Waals surface area (Å²) in [6.45, 7) is 2.49. The van der Waals surface area contributed by atoms with Gasteiger partial charge in [-0.25, -0.2) is 16.8 Å². The Morgan fingerprint density at radius 2 is 1.45 bits per heavy atom. The van der Waals surface area contributed by atoms with Gasteiger partial charge in [0.2, 0.25) is 26.0 Å². The summed E-state index contributed by atoms with van der Waals surface area (Å²) in [5, 5.41) is 0. The minimum Gasteiger partial charge on any atom is -0.489 e. The van der Waals surface area contributed by atoms with Crippen LogP contribution in [0.25, 0.3) is 0 Å². The molecule has 0 spiro atoms. The Morgan fingerprint density at radius 1 is 0.842 bits per heavy atom. The summed E-state index contributed by atoms with van der Waals surface area (Å²) < 4.78 is 59.2. The molecule has 11 heteroatoms. The van der Waals surface area contributed by atoms with Crippen LogP contribution in [0, 0.1) is 6.92 Å². The van der Waals surface area contributed by atoms with Gasteiger partial charge in [-0.3, -0.25) is 9.10 Å². The van der Waals surface area contributed by atoms with Crippen LogP contribution in [0.5, 0.6) is 5.75 Å². The number of carbonyl (C=O) groups is 1. The van der Waals surface area contributed by atoms with Crippen molar-refractivity contribution in [1.82, 2.24) is 9.21 Å². The van der Waals surface area contributed by atoms with E-state index in [2.05, 4.69) is 0 Å². The van der Waals surface area contributed by atoms with Gasteiger partial charge in [0.05, 0.1) is 16.8 Å². The van der Waals surface area contributed by atoms with E-state index in [1.165, 1.54) is 9.21 Å². The highest BCUT2D eigenvalue weighted by Crippen LogP contribution is 2.23. The van der Waals surface area contributed by atoms with Crippen molar-refractivity contribution in [2.45, 2.75) is 18.4 Å². The highest BCUT2D eigenvalue weighted by Gasteiger charge is 2.31. The van der Waals surface area contributed by atoms with E-state index in [4.69, 9.17) is 4.74 Å². The van der Waals surface area contributed by atoms with Gasteiger partial charge in [-0.2, -0.15) is 4.31 Å². The summed E-state index contributed by atoms with van der Waals surface area (Å²) in [4.78, 5) is 14.8. The molecule has 9 nitrogen and oxygen atoms in total. The van der Waals surface area contributed by atoms with Crippen molar-refractivity contribution in [3.8, 4) is 5.75 Å². The number of amides is 1. The summed E-state index contributed by atoms with van der Waals surface area (Å²) >= 11 is 0. The predicted molar refractivity (Wildman–Crippen MR) is 146 cm³/mol. The van der Waals surface area contributed by atoms with Crippen molar-refractivity contribution in [3.05, 3.63) is 90.0 Å². The first-order chi connectivity index (χ1) is 18.0. The molecular weight excluding hydrogens is 526 g/mol. The van der Waals surface area contributed by atoms with Gasteiger partial charge in [0.1, 0.15) is 18.9 Å². The number of rotatable bonds is 9. The van der Waals surface area contributed by atoms with Gasteiger partial charge in [-0.1, -0.05) is 48.0 Å². The minimum atomic E-state index is -3.75. The fourth-order valence-corrected chi connectivity index (χ4v) is 6.38. The van der Waals surface area contributed by atoms with Gasteiger partial charge < -0.3 is 9.64 Å². The number of hydrogen-bond acceptors (Lipinski definition) is 6. The normalized spacial score (nSPS) is 14.7. The van der Waals surface area contributed by atoms with E-state index in [-0.39, 0.29) is 37.6 Å². The number of benzene rings is 3. The van der Waals surface area contributed by atoms with Gasteiger partial charge in [-0.15, -0.1) is 0 Å². The standard InChI is InChI=1S/C27H31N3O6S2/c1-22-8-14-26(15-9-22)38(34,35)29-18-16-28(17-19-29)27(31)20-30(37(2,32)33)24-10-12-25(13-11-24)36-21-23-6-4-3-5-7-23/h3-15H,16-21H2,1-2H3. The van der Waals surface area contributed by atoms with E-state index < -0.39 is 26.0 Å². The smallest absolute Gasteiger partial charge is 0.243 e. The molecule has 202 valence electrons. The monoisotopic (exact) mass is 557 g/mol. The van der Waals surface area contributed by atoms with Gasteiger partial charge in [-0.05, 0) is 48.9 Å². The van der Waals surface area contributed by atoms with Crippen LogP contribution >= 0.6 is 0 Å². The van der Waals surface area contributed by atoms with Crippen LogP contribution in [0.3, 0.4) is 0 Å². The first kappa shape index (κ1) is 27.6. The van der Waals surface area contributed by atoms with Crippen molar-refractivity contribution in [2.75, 3.05) is 43.3 Å². The van der Waals surface area contributed by atoms with E-state index in [0.717, 1.165) is 21.7 Å². The zero-order valence-corrected chi connectivity index (χ0v) is 23.0. The third-order valence-electron chi connectivity index (χ3n) is 6.30. The van der Waals surface area contributed by atoms with Gasteiger partial charge in [0.15, 0.2) is 0 Å². The number of hydrogen-bond donors (Lipinski definition) is 0. The van der Waals surface area contributed by atoms with Crippen LogP contribution in [0.1, 0.15) is 11.1 Å². The molecule has 3 aromatic carbocycles. The van der Waals surface area contributed by atoms with Crippen LogP contribution in [0.15, 0.2) is 83.8 Å². The molecule has 0 bridgehead atoms. The molecule has 1 heterocycles. The number of carbonyl (C=O) groups excluding carboxylic acids is 1. The van der Waals surface area contributed by atoms with Crippen molar-refractivity contribution in [1.29, 1.82) is 0 Å². The second-order valence-electron chi connectivity index (χ2n) is 9.14. The second-order valence-corrected chi connectivity index (χ2v) is 13.0. The number of ether oxygens (including phenoxy) is 1. The Morgan fingerprint density at radius 3 is 2.03 bits per heavy atom. The molecule has 0 unspecified atom stereocenters. The summed E-state index contributed by atoms with van der Waals surface area (Å²) in [6, 6.07) is 22.8. The van der Waals surface area contributed by atoms with Crippen molar-refractivity contribution < 1.29 is 26.4 Å². The highest BCUT2D eigenvalue weighted by molar-refractivity contribution is 7.92. The maximum Gasteiger partial charge on any atom is 0.243 e. The van der Waals surface area contributed by atoms with E-state index in [9.17, 15) is 21.6 Å². The molecule has 4 rings (SSSR count). The molecule has 1 aliphatic heterocycles. The number of anilines is 1. The lowest BCUT2D eigenvalue weighted by Gasteiger charge is -2.35. The van der Waals surface area contributed by atoms with Crippen LogP contribution < -0.4 is 9.04 Å². The summed E-state index contributed by atoms with van der Waals surface area (Å²) in [6.07, 6.45) is 1.05. The lowest BCUT2D eigenvalue weighted by Crippen LogP contribution is -2.53. The quantitative estimate of drug-likeness (QED) is 0.401. The number of piperazine rings is 1. The van der Waals surface area contributed by atoms with Crippen LogP contribution in [-0.2, 0) is 31.4 Å². The van der Waals surface area contributed by atoms with Crippen molar-refractivity contribution in [3.63, 3.8) is 0 Å². The molecule has 0 aliphatic carbocycles. The predicted octanol–water partition coefficient (Wildman–Crippen LogP) is 2.87. The third-order valence-corrected chi connectivity index (χ3v) is 9.36. The average molecular weight is 558 g/mol. The zero-order valence-electron chi connectivity index (χ0n) is 21.4. The maximum absolute atomic E-state index is 13.0. The fraction of sp³-hybridized carbons (Fsp3) is 0.296. The second kappa shape index (κ2) is 11.5. The summed E-state index contributed by atoms with van der Waals surface area (Å²) in [5.41, 5.74) is 2.31. The Kier molecular flexibility index (Phi) is 8.39. The molecule has 1 saturated heterocycles. The maximum atomic E-state index is 13.0. The van der Waals surface area contributed by atoms with Crippen molar-refractivity contribution in [2.24, 2.45) is 0 Å². The Bertz CT molecular complexity index is 1450. The topological polar surface area (TPSA) is 104 Å². The van der Waals surface area contributed by atoms with Crippen molar-refractivity contribution >= 4 is 31.6 Å². The summed E-state index contributed by atoms with van der Waals surface area (Å²) in [5.74, 6) is 0.176. The minimum absolute atomic E-state index is 0.133. The number of sulfonamides is 2. The highest BCUT2D eigenvalue weighted by atomic mass is 32.2. The molecule has 0 saturated carbocycles. The average Bonchev–Trinajstić information content (AvgIpc) is 2.91. The van der Waals surface area contributed by atoms with E-state index in [0.29, 0.717) is 18.0 Å². The number of nitrogens with zero attached hydrogens (tertiary/aromatic N) is 3. The van der Waals surface area contributed by atoms with Crippen LogP contribution in [-0.4, -0.2) is 70.9 Å². The Hall–Kier alpha value is -3.41. The summed E-state index contributed by atoms with van der Waals surface area (Å²) in [7, 11) is -7.42. The SMILES string of the molecule is Cc1ccc(S(=O)(=O)N2CCN(C(=O)CN(c3ccc(OCc4ccccc4)cc3)S(C)(=O)=O)CC2)cc1. The fourth-order valence-electron chi connectivity index (χ4n) is 4.11. The lowest BCUT2D eigenvalue weighted by molar-refractivity contribution is -0.130. The zero-order chi connectivity index (χ0) is 27.3. The lowest BCUT2D eigenvalue weighted by atomic mass is 10.2.